The highest BCUT2D eigenvalue weighted by Crippen LogP contribution is 2.32. The van der Waals surface area contributed by atoms with Gasteiger partial charge in [-0.2, -0.15) is 4.31 Å². The summed E-state index contributed by atoms with van der Waals surface area (Å²) in [4.78, 5) is 16.9. The number of ether oxygens (including phenoxy) is 1. The Morgan fingerprint density at radius 2 is 1.77 bits per heavy atom. The van der Waals surface area contributed by atoms with Gasteiger partial charge in [-0.1, -0.05) is 32.0 Å². The van der Waals surface area contributed by atoms with E-state index in [2.05, 4.69) is 0 Å². The van der Waals surface area contributed by atoms with Gasteiger partial charge in [0.25, 0.3) is 0 Å². The summed E-state index contributed by atoms with van der Waals surface area (Å²) in [5.41, 5.74) is 0. The Kier molecular flexibility index (Phi) is 5.55. The molecule has 2 aliphatic rings. The first kappa shape index (κ1) is 19.1. The molecule has 0 aliphatic carbocycles. The van der Waals surface area contributed by atoms with Crippen molar-refractivity contribution < 1.29 is 17.9 Å². The van der Waals surface area contributed by atoms with Gasteiger partial charge in [0.15, 0.2) is 0 Å². The van der Waals surface area contributed by atoms with Crippen molar-refractivity contribution in [3.63, 3.8) is 0 Å². The Hall–Kier alpha value is -1.64. The zero-order chi connectivity index (χ0) is 18.9. The van der Waals surface area contributed by atoms with Crippen LogP contribution in [0.2, 0.25) is 0 Å². The average Bonchev–Trinajstić information content (AvgIpc) is 3.01. The summed E-state index contributed by atoms with van der Waals surface area (Å²) < 4.78 is 33.2. The number of sulfonamides is 1. The molecule has 2 heterocycles. The number of rotatable bonds is 3. The van der Waals surface area contributed by atoms with Crippen molar-refractivity contribution >= 4 is 16.1 Å². The minimum atomic E-state index is -3.67. The molecule has 2 amide bonds. The smallest absolute Gasteiger partial charge is 0.321 e. The van der Waals surface area contributed by atoms with Crippen LogP contribution >= 0.6 is 0 Å². The number of amides is 2. The summed E-state index contributed by atoms with van der Waals surface area (Å²) in [6.45, 7) is 8.24. The van der Waals surface area contributed by atoms with Crippen LogP contribution < -0.4 is 0 Å². The zero-order valence-corrected chi connectivity index (χ0v) is 16.4. The molecule has 8 heteroatoms. The van der Waals surface area contributed by atoms with Crippen LogP contribution in [0.1, 0.15) is 20.8 Å². The van der Waals surface area contributed by atoms with Gasteiger partial charge in [-0.25, -0.2) is 13.2 Å². The van der Waals surface area contributed by atoms with E-state index in [1.165, 1.54) is 4.31 Å². The highest BCUT2D eigenvalue weighted by Gasteiger charge is 2.48. The van der Waals surface area contributed by atoms with Gasteiger partial charge in [0.2, 0.25) is 10.0 Å². The number of carbonyl (C=O) groups excluding carboxylic acids is 1. The molecule has 2 fully saturated rings. The van der Waals surface area contributed by atoms with Crippen LogP contribution in [0.5, 0.6) is 0 Å². The fourth-order valence-corrected chi connectivity index (χ4v) is 5.51. The summed E-state index contributed by atoms with van der Waals surface area (Å²) in [5.74, 6) is -0.0246. The molecular weight excluding hydrogens is 354 g/mol. The number of urea groups is 1. The van der Waals surface area contributed by atoms with Crippen LogP contribution in [0.15, 0.2) is 35.2 Å². The van der Waals surface area contributed by atoms with Crippen LogP contribution in [0.3, 0.4) is 0 Å². The molecule has 7 nitrogen and oxygen atoms in total. The molecule has 0 aromatic heterocycles. The number of nitrogens with zero attached hydrogens (tertiary/aromatic N) is 3. The lowest BCUT2D eigenvalue weighted by atomic mass is 10.1. The molecule has 2 aliphatic heterocycles. The molecule has 2 saturated heterocycles. The second-order valence-electron chi connectivity index (χ2n) is 7.18. The molecule has 2 atom stereocenters. The molecular formula is C18H27N3O4S. The molecule has 0 N–H and O–H groups in total. The SMILES string of the molecule is CC(C)[C@@H]1N(C(=O)N2CCOCC2)[C@H](C)CN1S(=O)(=O)c1ccccc1. The predicted octanol–water partition coefficient (Wildman–Crippen LogP) is 1.82. The third kappa shape index (κ3) is 3.45. The van der Waals surface area contributed by atoms with E-state index in [4.69, 9.17) is 4.74 Å². The first-order chi connectivity index (χ1) is 12.3. The van der Waals surface area contributed by atoms with Crippen molar-refractivity contribution in [2.24, 2.45) is 5.92 Å². The summed E-state index contributed by atoms with van der Waals surface area (Å²) in [6.07, 6.45) is -0.495. The highest BCUT2D eigenvalue weighted by atomic mass is 32.2. The third-order valence-corrected chi connectivity index (χ3v) is 6.80. The number of morpholine rings is 1. The topological polar surface area (TPSA) is 70.2 Å². The lowest BCUT2D eigenvalue weighted by molar-refractivity contribution is 0.0334. The maximum absolute atomic E-state index is 13.2. The quantitative estimate of drug-likeness (QED) is 0.801. The van der Waals surface area contributed by atoms with E-state index in [1.54, 1.807) is 40.1 Å². The van der Waals surface area contributed by atoms with E-state index in [0.29, 0.717) is 32.8 Å². The Morgan fingerprint density at radius 3 is 2.35 bits per heavy atom. The van der Waals surface area contributed by atoms with Crippen LogP contribution in [-0.2, 0) is 14.8 Å². The van der Waals surface area contributed by atoms with Crippen molar-refractivity contribution in [3.05, 3.63) is 30.3 Å². The lowest BCUT2D eigenvalue weighted by Crippen LogP contribution is -2.55. The number of benzene rings is 1. The van der Waals surface area contributed by atoms with Gasteiger partial charge in [-0.05, 0) is 25.0 Å². The van der Waals surface area contributed by atoms with Gasteiger partial charge in [0, 0.05) is 25.7 Å². The molecule has 0 saturated carbocycles. The van der Waals surface area contributed by atoms with E-state index >= 15 is 0 Å². The largest absolute Gasteiger partial charge is 0.378 e. The van der Waals surface area contributed by atoms with Gasteiger partial charge in [0.1, 0.15) is 6.17 Å². The molecule has 3 rings (SSSR count). The van der Waals surface area contributed by atoms with E-state index < -0.39 is 16.2 Å². The second-order valence-corrected chi connectivity index (χ2v) is 9.07. The van der Waals surface area contributed by atoms with Crippen molar-refractivity contribution in [2.45, 2.75) is 37.9 Å². The Morgan fingerprint density at radius 1 is 1.15 bits per heavy atom. The average molecular weight is 381 g/mol. The number of hydrogen-bond acceptors (Lipinski definition) is 4. The van der Waals surface area contributed by atoms with E-state index in [-0.39, 0.29) is 22.9 Å². The summed E-state index contributed by atoms with van der Waals surface area (Å²) >= 11 is 0. The minimum Gasteiger partial charge on any atom is -0.378 e. The van der Waals surface area contributed by atoms with Crippen molar-refractivity contribution in [3.8, 4) is 0 Å². The van der Waals surface area contributed by atoms with Crippen LogP contribution in [0.4, 0.5) is 4.79 Å². The minimum absolute atomic E-state index is 0.0246. The zero-order valence-electron chi connectivity index (χ0n) is 15.5. The van der Waals surface area contributed by atoms with E-state index in [9.17, 15) is 13.2 Å². The van der Waals surface area contributed by atoms with E-state index in [0.717, 1.165) is 0 Å². The predicted molar refractivity (Wildman–Crippen MR) is 98.0 cm³/mol. The Labute approximate surface area is 155 Å². The Balaban J connectivity index is 1.92. The fourth-order valence-electron chi connectivity index (χ4n) is 3.70. The fraction of sp³-hybridized carbons (Fsp3) is 0.611. The standard InChI is InChI=1S/C18H27N3O4S/c1-14(2)17-20(26(23,24)16-7-5-4-6-8-16)13-15(3)21(17)18(22)19-9-11-25-12-10-19/h4-8,14-15,17H,9-13H2,1-3H3/t15-,17+/m1/s1. The summed E-state index contributed by atoms with van der Waals surface area (Å²) in [7, 11) is -3.67. The molecule has 1 aromatic rings. The first-order valence-electron chi connectivity index (χ1n) is 9.06. The van der Waals surface area contributed by atoms with Gasteiger partial charge >= 0.3 is 6.03 Å². The number of carbonyl (C=O) groups is 1. The molecule has 144 valence electrons. The van der Waals surface area contributed by atoms with Crippen LogP contribution in [0, 0.1) is 5.92 Å². The molecule has 26 heavy (non-hydrogen) atoms. The molecule has 0 radical (unpaired) electrons. The lowest BCUT2D eigenvalue weighted by Gasteiger charge is -2.38. The molecule has 0 bridgehead atoms. The van der Waals surface area contributed by atoms with Crippen molar-refractivity contribution in [2.75, 3.05) is 32.8 Å². The second kappa shape index (κ2) is 7.54. The highest BCUT2D eigenvalue weighted by molar-refractivity contribution is 7.89. The molecule has 1 aromatic carbocycles. The maximum atomic E-state index is 13.2. The maximum Gasteiger partial charge on any atom is 0.321 e. The third-order valence-electron chi connectivity index (χ3n) is 4.95. The summed E-state index contributed by atoms with van der Waals surface area (Å²) in [6, 6.07) is 8.13. The summed E-state index contributed by atoms with van der Waals surface area (Å²) in [5, 5.41) is 0. The first-order valence-corrected chi connectivity index (χ1v) is 10.5. The molecule has 0 spiro atoms. The van der Waals surface area contributed by atoms with Crippen molar-refractivity contribution in [1.82, 2.24) is 14.1 Å². The Bertz CT molecular complexity index is 732. The monoisotopic (exact) mass is 381 g/mol. The van der Waals surface area contributed by atoms with Gasteiger partial charge in [0.05, 0.1) is 18.1 Å². The van der Waals surface area contributed by atoms with E-state index in [1.807, 2.05) is 20.8 Å². The number of hydrogen-bond donors (Lipinski definition) is 0. The van der Waals surface area contributed by atoms with Crippen molar-refractivity contribution in [1.29, 1.82) is 0 Å². The van der Waals surface area contributed by atoms with Crippen LogP contribution in [-0.4, -0.2) is 73.6 Å². The van der Waals surface area contributed by atoms with Gasteiger partial charge in [-0.3, -0.25) is 0 Å². The van der Waals surface area contributed by atoms with Gasteiger partial charge in [-0.15, -0.1) is 0 Å². The normalized spacial score (nSPS) is 25.1. The van der Waals surface area contributed by atoms with Crippen LogP contribution in [0.25, 0.3) is 0 Å². The molecule has 0 unspecified atom stereocenters. The van der Waals surface area contributed by atoms with Gasteiger partial charge < -0.3 is 14.5 Å².